The average molecular weight is 271 g/mol. The van der Waals surface area contributed by atoms with Crippen LogP contribution >= 0.6 is 0 Å². The van der Waals surface area contributed by atoms with Gasteiger partial charge in [-0.2, -0.15) is 0 Å². The first-order valence-electron chi connectivity index (χ1n) is 6.66. The van der Waals surface area contributed by atoms with Crippen LogP contribution in [0.5, 0.6) is 5.75 Å². The molecule has 0 atom stereocenters. The van der Waals surface area contributed by atoms with Gasteiger partial charge >= 0.3 is 0 Å². The summed E-state index contributed by atoms with van der Waals surface area (Å²) in [4.78, 5) is 6.65. The molecule has 1 aromatic carbocycles. The lowest BCUT2D eigenvalue weighted by atomic mass is 10.2. The van der Waals surface area contributed by atoms with Crippen molar-refractivity contribution in [3.8, 4) is 5.75 Å². The van der Waals surface area contributed by atoms with E-state index in [9.17, 15) is 0 Å². The second-order valence-corrected chi connectivity index (χ2v) is 4.75. The van der Waals surface area contributed by atoms with Crippen molar-refractivity contribution in [2.75, 3.05) is 26.1 Å². The van der Waals surface area contributed by atoms with E-state index in [1.165, 1.54) is 5.56 Å². The SMILES string of the molecule is CNCc1ccc(CN(C)c2cccc(OC)c2)nc1. The number of rotatable bonds is 6. The average Bonchev–Trinajstić information content (AvgIpc) is 2.49. The number of pyridine rings is 1. The maximum absolute atomic E-state index is 5.25. The van der Waals surface area contributed by atoms with Gasteiger partial charge in [-0.05, 0) is 30.8 Å². The summed E-state index contributed by atoms with van der Waals surface area (Å²) in [5.74, 6) is 0.867. The van der Waals surface area contributed by atoms with Crippen molar-refractivity contribution in [2.45, 2.75) is 13.1 Å². The standard InChI is InChI=1S/C16H21N3O/c1-17-10-13-7-8-14(18-11-13)12-19(2)15-5-4-6-16(9-15)20-3/h4-9,11,17H,10,12H2,1-3H3. The molecule has 0 fully saturated rings. The van der Waals surface area contributed by atoms with E-state index in [4.69, 9.17) is 4.74 Å². The summed E-state index contributed by atoms with van der Waals surface area (Å²) in [5.41, 5.74) is 3.36. The van der Waals surface area contributed by atoms with Crippen molar-refractivity contribution in [3.63, 3.8) is 0 Å². The Morgan fingerprint density at radius 2 is 2.10 bits per heavy atom. The first-order chi connectivity index (χ1) is 9.72. The van der Waals surface area contributed by atoms with Gasteiger partial charge in [0.05, 0.1) is 19.3 Å². The van der Waals surface area contributed by atoms with Crippen molar-refractivity contribution in [3.05, 3.63) is 53.9 Å². The van der Waals surface area contributed by atoms with Crippen LogP contribution in [0.4, 0.5) is 5.69 Å². The minimum atomic E-state index is 0.771. The molecule has 0 spiro atoms. The lowest BCUT2D eigenvalue weighted by molar-refractivity contribution is 0.415. The zero-order chi connectivity index (χ0) is 14.4. The first-order valence-corrected chi connectivity index (χ1v) is 6.66. The third-order valence-electron chi connectivity index (χ3n) is 3.16. The molecule has 0 saturated heterocycles. The first kappa shape index (κ1) is 14.3. The minimum absolute atomic E-state index is 0.771. The van der Waals surface area contributed by atoms with Crippen molar-refractivity contribution in [1.82, 2.24) is 10.3 Å². The van der Waals surface area contributed by atoms with Gasteiger partial charge in [0.25, 0.3) is 0 Å². The summed E-state index contributed by atoms with van der Waals surface area (Å²) in [6.45, 7) is 1.62. The highest BCUT2D eigenvalue weighted by Gasteiger charge is 2.04. The predicted octanol–water partition coefficient (Wildman–Crippen LogP) is 2.45. The number of nitrogens with zero attached hydrogens (tertiary/aromatic N) is 2. The lowest BCUT2D eigenvalue weighted by Crippen LogP contribution is -2.17. The molecule has 0 saturated carbocycles. The van der Waals surface area contributed by atoms with Gasteiger partial charge in [0.1, 0.15) is 5.75 Å². The van der Waals surface area contributed by atoms with E-state index in [0.717, 1.165) is 30.2 Å². The van der Waals surface area contributed by atoms with Crippen LogP contribution in [0.25, 0.3) is 0 Å². The summed E-state index contributed by atoms with van der Waals surface area (Å²) in [6.07, 6.45) is 1.92. The third kappa shape index (κ3) is 3.71. The zero-order valence-electron chi connectivity index (χ0n) is 12.3. The van der Waals surface area contributed by atoms with E-state index < -0.39 is 0 Å². The summed E-state index contributed by atoms with van der Waals surface area (Å²) >= 11 is 0. The molecule has 2 aromatic rings. The molecule has 4 heteroatoms. The van der Waals surface area contributed by atoms with Crippen LogP contribution < -0.4 is 15.0 Å². The number of benzene rings is 1. The van der Waals surface area contributed by atoms with Gasteiger partial charge in [-0.1, -0.05) is 12.1 Å². The van der Waals surface area contributed by atoms with Gasteiger partial charge in [-0.25, -0.2) is 0 Å². The molecule has 20 heavy (non-hydrogen) atoms. The van der Waals surface area contributed by atoms with Crippen molar-refractivity contribution >= 4 is 5.69 Å². The molecule has 0 unspecified atom stereocenters. The van der Waals surface area contributed by atoms with E-state index >= 15 is 0 Å². The maximum Gasteiger partial charge on any atom is 0.120 e. The smallest absolute Gasteiger partial charge is 0.120 e. The number of methoxy groups -OCH3 is 1. The number of hydrogen-bond acceptors (Lipinski definition) is 4. The molecule has 0 aliphatic heterocycles. The fourth-order valence-corrected chi connectivity index (χ4v) is 2.04. The lowest BCUT2D eigenvalue weighted by Gasteiger charge is -2.19. The normalized spacial score (nSPS) is 10.3. The Balaban J connectivity index is 2.04. The van der Waals surface area contributed by atoms with E-state index in [-0.39, 0.29) is 0 Å². The van der Waals surface area contributed by atoms with Gasteiger partial charge in [0.2, 0.25) is 0 Å². The van der Waals surface area contributed by atoms with Gasteiger partial charge < -0.3 is 15.0 Å². The van der Waals surface area contributed by atoms with Crippen molar-refractivity contribution in [1.29, 1.82) is 0 Å². The number of aromatic nitrogens is 1. The Hall–Kier alpha value is -2.07. The Morgan fingerprint density at radius 3 is 2.75 bits per heavy atom. The van der Waals surface area contributed by atoms with Gasteiger partial charge in [-0.3, -0.25) is 4.98 Å². The molecule has 1 heterocycles. The Bertz CT molecular complexity index is 540. The van der Waals surface area contributed by atoms with Crippen LogP contribution in [0, 0.1) is 0 Å². The summed E-state index contributed by atoms with van der Waals surface area (Å²) in [7, 11) is 5.67. The van der Waals surface area contributed by atoms with Gasteiger partial charge in [-0.15, -0.1) is 0 Å². The monoisotopic (exact) mass is 271 g/mol. The van der Waals surface area contributed by atoms with E-state index in [0.29, 0.717) is 0 Å². The molecule has 4 nitrogen and oxygen atoms in total. The zero-order valence-corrected chi connectivity index (χ0v) is 12.3. The molecule has 0 aliphatic rings. The molecule has 0 aliphatic carbocycles. The quantitative estimate of drug-likeness (QED) is 0.875. The Kier molecular flexibility index (Phi) is 4.96. The highest BCUT2D eigenvalue weighted by Crippen LogP contribution is 2.21. The topological polar surface area (TPSA) is 37.4 Å². The predicted molar refractivity (Wildman–Crippen MR) is 82.1 cm³/mol. The second-order valence-electron chi connectivity index (χ2n) is 4.75. The Morgan fingerprint density at radius 1 is 1.25 bits per heavy atom. The largest absolute Gasteiger partial charge is 0.497 e. The molecular weight excluding hydrogens is 250 g/mol. The number of nitrogens with one attached hydrogen (secondary N) is 1. The molecule has 2 rings (SSSR count). The molecule has 106 valence electrons. The van der Waals surface area contributed by atoms with Crippen molar-refractivity contribution in [2.24, 2.45) is 0 Å². The summed E-state index contributed by atoms with van der Waals surface area (Å²) < 4.78 is 5.25. The van der Waals surface area contributed by atoms with Crippen LogP contribution in [0.2, 0.25) is 0 Å². The minimum Gasteiger partial charge on any atom is -0.497 e. The third-order valence-corrected chi connectivity index (χ3v) is 3.16. The van der Waals surface area contributed by atoms with Crippen LogP contribution in [0.3, 0.4) is 0 Å². The molecule has 0 amide bonds. The molecule has 1 aromatic heterocycles. The van der Waals surface area contributed by atoms with Crippen LogP contribution in [-0.4, -0.2) is 26.2 Å². The van der Waals surface area contributed by atoms with Gasteiger partial charge in [0, 0.05) is 31.5 Å². The van der Waals surface area contributed by atoms with Crippen molar-refractivity contribution < 1.29 is 4.74 Å². The molecule has 0 bridgehead atoms. The highest BCUT2D eigenvalue weighted by atomic mass is 16.5. The highest BCUT2D eigenvalue weighted by molar-refractivity contribution is 5.50. The van der Waals surface area contributed by atoms with Crippen LogP contribution in [0.1, 0.15) is 11.3 Å². The molecular formula is C16H21N3O. The van der Waals surface area contributed by atoms with Crippen LogP contribution in [-0.2, 0) is 13.1 Å². The molecule has 0 radical (unpaired) electrons. The number of hydrogen-bond donors (Lipinski definition) is 1. The van der Waals surface area contributed by atoms with Gasteiger partial charge in [0.15, 0.2) is 0 Å². The fraction of sp³-hybridized carbons (Fsp3) is 0.312. The van der Waals surface area contributed by atoms with E-state index in [1.54, 1.807) is 7.11 Å². The summed E-state index contributed by atoms with van der Waals surface area (Å²) in [6, 6.07) is 12.2. The fourth-order valence-electron chi connectivity index (χ4n) is 2.04. The van der Waals surface area contributed by atoms with E-state index in [2.05, 4.69) is 40.4 Å². The van der Waals surface area contributed by atoms with E-state index in [1.807, 2.05) is 31.4 Å². The number of ether oxygens (including phenoxy) is 1. The number of anilines is 1. The molecule has 1 N–H and O–H groups in total. The van der Waals surface area contributed by atoms with Crippen LogP contribution in [0.15, 0.2) is 42.6 Å². The Labute approximate surface area is 120 Å². The second kappa shape index (κ2) is 6.91. The maximum atomic E-state index is 5.25. The summed E-state index contributed by atoms with van der Waals surface area (Å²) in [5, 5.41) is 3.12.